The van der Waals surface area contributed by atoms with Crippen molar-refractivity contribution in [2.75, 3.05) is 44.7 Å². The second-order valence-corrected chi connectivity index (χ2v) is 9.63. The van der Waals surface area contributed by atoms with E-state index in [0.717, 1.165) is 30.5 Å². The molecule has 0 unspecified atom stereocenters. The molecule has 2 fully saturated rings. The van der Waals surface area contributed by atoms with Gasteiger partial charge in [-0.2, -0.15) is 11.8 Å². The molecule has 5 nitrogen and oxygen atoms in total. The summed E-state index contributed by atoms with van der Waals surface area (Å²) < 4.78 is 0. The van der Waals surface area contributed by atoms with Crippen LogP contribution in [-0.2, 0) is 6.42 Å². The van der Waals surface area contributed by atoms with Gasteiger partial charge in [-0.25, -0.2) is 4.98 Å². The van der Waals surface area contributed by atoms with Crippen LogP contribution in [0.15, 0.2) is 10.4 Å². The molecule has 0 bridgehead atoms. The quantitative estimate of drug-likeness (QED) is 0.340. The van der Waals surface area contributed by atoms with Gasteiger partial charge in [-0.15, -0.1) is 35.3 Å². The van der Waals surface area contributed by atoms with Crippen LogP contribution in [0, 0.1) is 6.92 Å². The number of guanidine groups is 1. The van der Waals surface area contributed by atoms with Crippen LogP contribution in [0.2, 0.25) is 0 Å². The highest BCUT2D eigenvalue weighted by Gasteiger charge is 2.38. The summed E-state index contributed by atoms with van der Waals surface area (Å²) in [5.41, 5.74) is 1.49. The van der Waals surface area contributed by atoms with Crippen molar-refractivity contribution >= 4 is 53.0 Å². The van der Waals surface area contributed by atoms with Gasteiger partial charge in [0.05, 0.1) is 10.7 Å². The average Bonchev–Trinajstić information content (AvgIpc) is 3.11. The van der Waals surface area contributed by atoms with Crippen LogP contribution in [0.25, 0.3) is 0 Å². The molecule has 3 rings (SSSR count). The zero-order valence-electron chi connectivity index (χ0n) is 16.6. The summed E-state index contributed by atoms with van der Waals surface area (Å²) in [7, 11) is 1.87. The number of aromatic nitrogens is 1. The maximum atomic E-state index is 4.53. The fraction of sp³-hybridized carbons (Fsp3) is 0.789. The lowest BCUT2D eigenvalue weighted by Crippen LogP contribution is -2.59. The normalized spacial score (nSPS) is 20.7. The van der Waals surface area contributed by atoms with Crippen molar-refractivity contribution < 1.29 is 0 Å². The van der Waals surface area contributed by atoms with Crippen LogP contribution >= 0.6 is 47.1 Å². The van der Waals surface area contributed by atoms with E-state index in [0.29, 0.717) is 5.54 Å². The van der Waals surface area contributed by atoms with Gasteiger partial charge in [-0.05, 0) is 19.8 Å². The van der Waals surface area contributed by atoms with E-state index in [9.17, 15) is 0 Å². The SMILES string of the molecule is CN=C(NCCc1csc(C)n1)NCC1(N2CCSCC2)CCCCC1.I. The van der Waals surface area contributed by atoms with Crippen molar-refractivity contribution in [2.45, 2.75) is 51.0 Å². The highest BCUT2D eigenvalue weighted by atomic mass is 127. The first-order chi connectivity index (χ1) is 12.7. The van der Waals surface area contributed by atoms with E-state index in [1.54, 1.807) is 11.3 Å². The molecule has 2 heterocycles. The lowest BCUT2D eigenvalue weighted by molar-refractivity contribution is 0.0626. The predicted octanol–water partition coefficient (Wildman–Crippen LogP) is 3.53. The number of thioether (sulfide) groups is 1. The number of halogens is 1. The first kappa shape index (κ1) is 23.2. The van der Waals surface area contributed by atoms with Crippen LogP contribution in [-0.4, -0.2) is 66.1 Å². The van der Waals surface area contributed by atoms with E-state index < -0.39 is 0 Å². The summed E-state index contributed by atoms with van der Waals surface area (Å²) in [5, 5.41) is 10.4. The fourth-order valence-electron chi connectivity index (χ4n) is 4.15. The lowest BCUT2D eigenvalue weighted by atomic mass is 9.80. The summed E-state index contributed by atoms with van der Waals surface area (Å²) in [6.07, 6.45) is 7.70. The number of hydrogen-bond donors (Lipinski definition) is 2. The third-order valence-electron chi connectivity index (χ3n) is 5.61. The summed E-state index contributed by atoms with van der Waals surface area (Å²) >= 11 is 3.82. The Kier molecular flexibility index (Phi) is 10.2. The monoisotopic (exact) mass is 523 g/mol. The van der Waals surface area contributed by atoms with Crippen molar-refractivity contribution in [1.82, 2.24) is 20.5 Å². The minimum absolute atomic E-state index is 0. The molecule has 2 N–H and O–H groups in total. The second kappa shape index (κ2) is 11.8. The number of hydrogen-bond acceptors (Lipinski definition) is 5. The van der Waals surface area contributed by atoms with Gasteiger partial charge in [0.1, 0.15) is 0 Å². The van der Waals surface area contributed by atoms with Gasteiger partial charge in [0.25, 0.3) is 0 Å². The van der Waals surface area contributed by atoms with Crippen LogP contribution in [0.1, 0.15) is 42.8 Å². The first-order valence-electron chi connectivity index (χ1n) is 9.90. The Morgan fingerprint density at radius 3 is 2.59 bits per heavy atom. The molecule has 8 heteroatoms. The number of nitrogens with zero attached hydrogens (tertiary/aromatic N) is 3. The molecule has 0 radical (unpaired) electrons. The minimum atomic E-state index is 0. The molecule has 27 heavy (non-hydrogen) atoms. The average molecular weight is 524 g/mol. The maximum absolute atomic E-state index is 4.53. The van der Waals surface area contributed by atoms with Crippen molar-refractivity contribution in [3.05, 3.63) is 16.1 Å². The Morgan fingerprint density at radius 1 is 1.22 bits per heavy atom. The highest BCUT2D eigenvalue weighted by Crippen LogP contribution is 2.34. The number of nitrogens with one attached hydrogen (secondary N) is 2. The van der Waals surface area contributed by atoms with Crippen LogP contribution < -0.4 is 10.6 Å². The molecule has 1 saturated heterocycles. The standard InChI is InChI=1S/C19H33N5S2.HI/c1-16-23-17(14-26-16)6-9-21-18(20-2)22-15-19(7-4-3-5-8-19)24-10-12-25-13-11-24;/h14H,3-13,15H2,1-2H3,(H2,20,21,22);1H. The zero-order valence-corrected chi connectivity index (χ0v) is 20.6. The minimum Gasteiger partial charge on any atom is -0.356 e. The highest BCUT2D eigenvalue weighted by molar-refractivity contribution is 14.0. The number of aryl methyl sites for hydroxylation is 1. The van der Waals surface area contributed by atoms with Gasteiger partial charge in [0, 0.05) is 62.1 Å². The Hall–Kier alpha value is -0.0600. The third-order valence-corrected chi connectivity index (χ3v) is 7.38. The molecular weight excluding hydrogens is 489 g/mol. The predicted molar refractivity (Wildman–Crippen MR) is 130 cm³/mol. The largest absolute Gasteiger partial charge is 0.356 e. The van der Waals surface area contributed by atoms with Gasteiger partial charge in [-0.1, -0.05) is 19.3 Å². The van der Waals surface area contributed by atoms with Crippen LogP contribution in [0.3, 0.4) is 0 Å². The Morgan fingerprint density at radius 2 is 1.96 bits per heavy atom. The number of rotatable bonds is 6. The molecule has 154 valence electrons. The van der Waals surface area contributed by atoms with E-state index in [1.807, 2.05) is 7.05 Å². The Labute approximate surface area is 189 Å². The van der Waals surface area contributed by atoms with E-state index in [-0.39, 0.29) is 24.0 Å². The van der Waals surface area contributed by atoms with Gasteiger partial charge < -0.3 is 10.6 Å². The molecule has 2 aliphatic rings. The number of thiazole rings is 1. The molecule has 0 atom stereocenters. The summed E-state index contributed by atoms with van der Waals surface area (Å²) in [4.78, 5) is 11.7. The molecule has 1 aliphatic heterocycles. The topological polar surface area (TPSA) is 52.6 Å². The molecule has 1 aromatic rings. The fourth-order valence-corrected chi connectivity index (χ4v) is 5.70. The number of aliphatic imine (C=N–C) groups is 1. The first-order valence-corrected chi connectivity index (χ1v) is 11.9. The second-order valence-electron chi connectivity index (χ2n) is 7.34. The van der Waals surface area contributed by atoms with Crippen molar-refractivity contribution in [3.8, 4) is 0 Å². The molecule has 0 amide bonds. The van der Waals surface area contributed by atoms with E-state index >= 15 is 0 Å². The van der Waals surface area contributed by atoms with E-state index in [1.165, 1.54) is 62.4 Å². The zero-order chi connectivity index (χ0) is 18.2. The molecule has 0 spiro atoms. The van der Waals surface area contributed by atoms with Gasteiger partial charge in [-0.3, -0.25) is 9.89 Å². The van der Waals surface area contributed by atoms with E-state index in [4.69, 9.17) is 0 Å². The summed E-state index contributed by atoms with van der Waals surface area (Å²) in [6, 6.07) is 0. The third kappa shape index (κ3) is 6.75. The van der Waals surface area contributed by atoms with Crippen LogP contribution in [0.5, 0.6) is 0 Å². The molecule has 1 saturated carbocycles. The molecule has 1 aliphatic carbocycles. The van der Waals surface area contributed by atoms with Crippen molar-refractivity contribution in [1.29, 1.82) is 0 Å². The Bertz CT molecular complexity index is 580. The maximum Gasteiger partial charge on any atom is 0.191 e. The van der Waals surface area contributed by atoms with Gasteiger partial charge >= 0.3 is 0 Å². The summed E-state index contributed by atoms with van der Waals surface area (Å²) in [5.74, 6) is 3.48. The Balaban J connectivity index is 0.00000261. The van der Waals surface area contributed by atoms with Gasteiger partial charge in [0.2, 0.25) is 0 Å². The molecular formula is C19H34IN5S2. The lowest BCUT2D eigenvalue weighted by Gasteiger charge is -2.48. The van der Waals surface area contributed by atoms with Crippen molar-refractivity contribution in [2.24, 2.45) is 4.99 Å². The summed E-state index contributed by atoms with van der Waals surface area (Å²) in [6.45, 7) is 6.41. The van der Waals surface area contributed by atoms with Gasteiger partial charge in [0.15, 0.2) is 5.96 Å². The van der Waals surface area contributed by atoms with E-state index in [2.05, 4.69) is 49.6 Å². The van der Waals surface area contributed by atoms with Crippen molar-refractivity contribution in [3.63, 3.8) is 0 Å². The smallest absolute Gasteiger partial charge is 0.191 e. The van der Waals surface area contributed by atoms with Crippen LogP contribution in [0.4, 0.5) is 0 Å². The molecule has 0 aromatic carbocycles. The molecule has 1 aromatic heterocycles.